The number of carbonyl (C=O) groups excluding carboxylic acids is 1. The van der Waals surface area contributed by atoms with Gasteiger partial charge in [0.05, 0.1) is 12.6 Å². The summed E-state index contributed by atoms with van der Waals surface area (Å²) in [5, 5.41) is 11.8. The van der Waals surface area contributed by atoms with Gasteiger partial charge in [-0.15, -0.1) is 0 Å². The van der Waals surface area contributed by atoms with Gasteiger partial charge >= 0.3 is 0 Å². The van der Waals surface area contributed by atoms with E-state index in [0.29, 0.717) is 25.0 Å². The van der Waals surface area contributed by atoms with E-state index in [2.05, 4.69) is 16.3 Å². The van der Waals surface area contributed by atoms with Crippen molar-refractivity contribution in [2.45, 2.75) is 57.0 Å². The van der Waals surface area contributed by atoms with E-state index in [0.717, 1.165) is 19.4 Å². The largest absolute Gasteiger partial charge is 0.353 e. The summed E-state index contributed by atoms with van der Waals surface area (Å²) in [4.78, 5) is 13.8. The van der Waals surface area contributed by atoms with Crippen LogP contribution in [0, 0.1) is 11.3 Å². The normalized spacial score (nSPS) is 20.5. The molecule has 0 spiro atoms. The maximum atomic E-state index is 11.6. The monoisotopic (exact) mass is 235 g/mol. The number of hydrogen-bond acceptors (Lipinski definition) is 3. The van der Waals surface area contributed by atoms with Gasteiger partial charge in [0.25, 0.3) is 0 Å². The minimum absolute atomic E-state index is 0.147. The number of amides is 1. The highest BCUT2D eigenvalue weighted by Crippen LogP contribution is 2.23. The maximum Gasteiger partial charge on any atom is 0.221 e. The molecule has 2 aliphatic carbocycles. The summed E-state index contributed by atoms with van der Waals surface area (Å²) in [7, 11) is 0. The molecule has 17 heavy (non-hydrogen) atoms. The zero-order valence-electron chi connectivity index (χ0n) is 10.3. The molecule has 0 aliphatic heterocycles. The molecule has 4 heteroatoms. The van der Waals surface area contributed by atoms with Crippen LogP contribution in [0.25, 0.3) is 0 Å². The molecule has 4 nitrogen and oxygen atoms in total. The van der Waals surface area contributed by atoms with Crippen molar-refractivity contribution in [3.63, 3.8) is 0 Å². The van der Waals surface area contributed by atoms with Crippen LogP contribution >= 0.6 is 0 Å². The van der Waals surface area contributed by atoms with Gasteiger partial charge in [-0.3, -0.25) is 9.69 Å². The first-order valence-electron chi connectivity index (χ1n) is 6.70. The number of hydrogen-bond donors (Lipinski definition) is 1. The lowest BCUT2D eigenvalue weighted by Crippen LogP contribution is -2.37. The fourth-order valence-electron chi connectivity index (χ4n) is 2.52. The summed E-state index contributed by atoms with van der Waals surface area (Å²) in [6.07, 6.45) is 7.71. The van der Waals surface area contributed by atoms with Crippen LogP contribution in [0.1, 0.15) is 44.9 Å². The summed E-state index contributed by atoms with van der Waals surface area (Å²) in [6.45, 7) is 1.19. The Kier molecular flexibility index (Phi) is 4.38. The lowest BCUT2D eigenvalue weighted by molar-refractivity contribution is -0.121. The zero-order valence-corrected chi connectivity index (χ0v) is 10.3. The Labute approximate surface area is 103 Å². The molecule has 94 valence electrons. The van der Waals surface area contributed by atoms with Gasteiger partial charge in [0, 0.05) is 25.0 Å². The summed E-state index contributed by atoms with van der Waals surface area (Å²) < 4.78 is 0. The fraction of sp³-hybridized carbons (Fsp3) is 0.846. The van der Waals surface area contributed by atoms with Gasteiger partial charge < -0.3 is 5.32 Å². The van der Waals surface area contributed by atoms with E-state index >= 15 is 0 Å². The summed E-state index contributed by atoms with van der Waals surface area (Å²) in [5.41, 5.74) is 0. The average molecular weight is 235 g/mol. The molecule has 2 rings (SSSR count). The Morgan fingerprint density at radius 2 is 2.00 bits per heavy atom. The quantitative estimate of drug-likeness (QED) is 0.708. The zero-order chi connectivity index (χ0) is 12.1. The predicted molar refractivity (Wildman–Crippen MR) is 65.2 cm³/mol. The molecule has 0 bridgehead atoms. The first-order chi connectivity index (χ1) is 8.29. The van der Waals surface area contributed by atoms with Crippen LogP contribution in [-0.4, -0.2) is 36.0 Å². The smallest absolute Gasteiger partial charge is 0.221 e. The highest BCUT2D eigenvalue weighted by molar-refractivity contribution is 5.76. The molecule has 0 saturated heterocycles. The second kappa shape index (κ2) is 6.02. The SMILES string of the molecule is N#CCN(CCC(=O)NC1CC1)C1CCCC1. The van der Waals surface area contributed by atoms with Crippen LogP contribution in [0.5, 0.6) is 0 Å². The van der Waals surface area contributed by atoms with Crippen molar-refractivity contribution in [3.05, 3.63) is 0 Å². The minimum atomic E-state index is 0.147. The van der Waals surface area contributed by atoms with Gasteiger partial charge in [0.1, 0.15) is 0 Å². The molecule has 1 amide bonds. The molecule has 0 heterocycles. The van der Waals surface area contributed by atoms with Crippen LogP contribution in [0.3, 0.4) is 0 Å². The van der Waals surface area contributed by atoms with E-state index in [1.165, 1.54) is 25.7 Å². The predicted octanol–water partition coefficient (Wildman–Crippen LogP) is 1.42. The van der Waals surface area contributed by atoms with Crippen LogP contribution in [0.4, 0.5) is 0 Å². The van der Waals surface area contributed by atoms with Crippen molar-refractivity contribution >= 4 is 5.91 Å². The molecule has 0 atom stereocenters. The molecule has 1 N–H and O–H groups in total. The van der Waals surface area contributed by atoms with Crippen molar-refractivity contribution in [1.29, 1.82) is 5.26 Å². The highest BCUT2D eigenvalue weighted by atomic mass is 16.1. The molecule has 2 fully saturated rings. The molecular formula is C13H21N3O. The third kappa shape index (κ3) is 4.01. The van der Waals surface area contributed by atoms with Gasteiger partial charge in [-0.25, -0.2) is 0 Å². The van der Waals surface area contributed by atoms with Gasteiger partial charge in [-0.1, -0.05) is 12.8 Å². The average Bonchev–Trinajstić information content (AvgIpc) is 2.96. The number of nitrogens with one attached hydrogen (secondary N) is 1. The Bertz CT molecular complexity index is 300. The Morgan fingerprint density at radius 3 is 2.59 bits per heavy atom. The topological polar surface area (TPSA) is 56.1 Å². The highest BCUT2D eigenvalue weighted by Gasteiger charge is 2.25. The summed E-state index contributed by atoms with van der Waals surface area (Å²) in [5.74, 6) is 0.147. The molecule has 0 unspecified atom stereocenters. The van der Waals surface area contributed by atoms with Gasteiger partial charge in [0.2, 0.25) is 5.91 Å². The van der Waals surface area contributed by atoms with Crippen LogP contribution in [-0.2, 0) is 4.79 Å². The molecular weight excluding hydrogens is 214 g/mol. The maximum absolute atomic E-state index is 11.6. The Balaban J connectivity index is 1.72. The van der Waals surface area contributed by atoms with E-state index in [9.17, 15) is 4.79 Å². The van der Waals surface area contributed by atoms with E-state index in [-0.39, 0.29) is 5.91 Å². The third-order valence-corrected chi connectivity index (χ3v) is 3.68. The second-order valence-electron chi connectivity index (χ2n) is 5.16. The van der Waals surface area contributed by atoms with Gasteiger partial charge in [-0.05, 0) is 25.7 Å². The number of nitrogens with zero attached hydrogens (tertiary/aromatic N) is 2. The van der Waals surface area contributed by atoms with Crippen LogP contribution in [0.2, 0.25) is 0 Å². The standard InChI is InChI=1S/C13H21N3O/c14-8-10-16(12-3-1-2-4-12)9-7-13(17)15-11-5-6-11/h11-12H,1-7,9-10H2,(H,15,17). The summed E-state index contributed by atoms with van der Waals surface area (Å²) >= 11 is 0. The Hall–Kier alpha value is -1.08. The molecule has 2 saturated carbocycles. The molecule has 2 aliphatic rings. The molecule has 0 aromatic carbocycles. The minimum Gasteiger partial charge on any atom is -0.353 e. The van der Waals surface area contributed by atoms with Crippen LogP contribution < -0.4 is 5.32 Å². The van der Waals surface area contributed by atoms with Crippen molar-refractivity contribution in [2.75, 3.05) is 13.1 Å². The first kappa shape index (κ1) is 12.4. The molecule has 0 aromatic heterocycles. The fourth-order valence-corrected chi connectivity index (χ4v) is 2.52. The van der Waals surface area contributed by atoms with Crippen molar-refractivity contribution < 1.29 is 4.79 Å². The van der Waals surface area contributed by atoms with Crippen LogP contribution in [0.15, 0.2) is 0 Å². The molecule has 0 radical (unpaired) electrons. The van der Waals surface area contributed by atoms with Gasteiger partial charge in [0.15, 0.2) is 0 Å². The lowest BCUT2D eigenvalue weighted by atomic mass is 10.2. The number of carbonyl (C=O) groups is 1. The van der Waals surface area contributed by atoms with E-state index in [1.807, 2.05) is 0 Å². The number of rotatable bonds is 6. The van der Waals surface area contributed by atoms with E-state index in [4.69, 9.17) is 5.26 Å². The Morgan fingerprint density at radius 1 is 1.29 bits per heavy atom. The van der Waals surface area contributed by atoms with E-state index in [1.54, 1.807) is 0 Å². The lowest BCUT2D eigenvalue weighted by Gasteiger charge is -2.25. The van der Waals surface area contributed by atoms with Crippen molar-refractivity contribution in [2.24, 2.45) is 0 Å². The van der Waals surface area contributed by atoms with Gasteiger partial charge in [-0.2, -0.15) is 5.26 Å². The van der Waals surface area contributed by atoms with Crippen molar-refractivity contribution in [1.82, 2.24) is 10.2 Å². The third-order valence-electron chi connectivity index (χ3n) is 3.68. The van der Waals surface area contributed by atoms with E-state index < -0.39 is 0 Å². The first-order valence-corrected chi connectivity index (χ1v) is 6.70. The van der Waals surface area contributed by atoms with Crippen molar-refractivity contribution in [3.8, 4) is 6.07 Å². The number of nitriles is 1. The summed E-state index contributed by atoms with van der Waals surface area (Å²) in [6, 6.07) is 3.19. The molecule has 0 aromatic rings. The second-order valence-corrected chi connectivity index (χ2v) is 5.16.